The van der Waals surface area contributed by atoms with Crippen LogP contribution in [0.2, 0.25) is 0 Å². The number of H-pyrrole nitrogens is 1. The highest BCUT2D eigenvalue weighted by molar-refractivity contribution is 6.02. The normalized spacial score (nSPS) is 18.5. The maximum atomic E-state index is 13.2. The summed E-state index contributed by atoms with van der Waals surface area (Å²) in [6.45, 7) is 0.395. The number of carbonyl (C=O) groups is 2. The molecule has 0 spiro atoms. The number of aromatic amines is 1. The van der Waals surface area contributed by atoms with E-state index in [2.05, 4.69) is 32.3 Å². The van der Waals surface area contributed by atoms with Crippen LogP contribution in [0.3, 0.4) is 0 Å². The van der Waals surface area contributed by atoms with Crippen LogP contribution >= 0.6 is 0 Å². The molecule has 1 fully saturated rings. The topological polar surface area (TPSA) is 120 Å². The molecule has 9 nitrogen and oxygen atoms in total. The quantitative estimate of drug-likeness (QED) is 0.492. The number of aryl methyl sites for hydroxylation is 1. The van der Waals surface area contributed by atoms with E-state index in [1.54, 1.807) is 11.9 Å². The van der Waals surface area contributed by atoms with Gasteiger partial charge in [0.15, 0.2) is 5.60 Å². The molecule has 2 aromatic carbocycles. The van der Waals surface area contributed by atoms with Gasteiger partial charge in [0.05, 0.1) is 13.2 Å². The molecule has 1 unspecified atom stereocenters. The van der Waals surface area contributed by atoms with Crippen molar-refractivity contribution in [2.24, 2.45) is 0 Å². The lowest BCUT2D eigenvalue weighted by Crippen LogP contribution is -2.48. The Morgan fingerprint density at radius 2 is 2.09 bits per heavy atom. The van der Waals surface area contributed by atoms with E-state index in [-0.39, 0.29) is 24.9 Å². The minimum absolute atomic E-state index is 0.00334. The number of aromatic nitrogens is 3. The third-order valence-corrected chi connectivity index (χ3v) is 6.15. The van der Waals surface area contributed by atoms with Gasteiger partial charge in [-0.1, -0.05) is 48.2 Å². The number of amides is 2. The van der Waals surface area contributed by atoms with Crippen LogP contribution in [0.15, 0.2) is 48.5 Å². The first-order valence-electron chi connectivity index (χ1n) is 11.4. The fourth-order valence-electron chi connectivity index (χ4n) is 4.12. The Morgan fingerprint density at radius 1 is 1.29 bits per heavy atom. The van der Waals surface area contributed by atoms with Crippen LogP contribution in [0, 0.1) is 11.8 Å². The highest BCUT2D eigenvalue weighted by Crippen LogP contribution is 2.27. The van der Waals surface area contributed by atoms with Crippen LogP contribution in [0.25, 0.3) is 0 Å². The van der Waals surface area contributed by atoms with Gasteiger partial charge in [0.2, 0.25) is 11.7 Å². The number of nitrogens with zero attached hydrogens (tertiary/aromatic N) is 3. The standard InChI is InChI=1S/C26H25N5O4/c1-31-21-13-18(11-12-26(34)15-35-16-26)7-8-19(21)9-10-20(25(31)33)27-24(32)23-28-22(29-30-23)14-17-5-3-2-4-6-17/h2-8,13,20,34H,9-10,14-16H2,1H3,(H,27,32)(H,28,29,30). The van der Waals surface area contributed by atoms with E-state index in [1.165, 1.54) is 0 Å². The van der Waals surface area contributed by atoms with Crippen molar-refractivity contribution in [3.05, 3.63) is 76.9 Å². The van der Waals surface area contributed by atoms with E-state index in [1.807, 2.05) is 48.5 Å². The summed E-state index contributed by atoms with van der Waals surface area (Å²) in [5.41, 5.74) is 2.35. The third-order valence-electron chi connectivity index (χ3n) is 6.15. The largest absolute Gasteiger partial charge is 0.373 e. The van der Waals surface area contributed by atoms with Gasteiger partial charge in [0.25, 0.3) is 5.91 Å². The van der Waals surface area contributed by atoms with E-state index < -0.39 is 17.6 Å². The van der Waals surface area contributed by atoms with Gasteiger partial charge in [-0.15, -0.1) is 5.10 Å². The molecule has 3 N–H and O–H groups in total. The van der Waals surface area contributed by atoms with Crippen molar-refractivity contribution in [3.63, 3.8) is 0 Å². The predicted molar refractivity (Wildman–Crippen MR) is 128 cm³/mol. The molecular weight excluding hydrogens is 446 g/mol. The molecule has 178 valence electrons. The maximum absolute atomic E-state index is 13.2. The maximum Gasteiger partial charge on any atom is 0.291 e. The van der Waals surface area contributed by atoms with E-state index in [4.69, 9.17) is 4.74 Å². The highest BCUT2D eigenvalue weighted by Gasteiger charge is 2.34. The van der Waals surface area contributed by atoms with Crippen molar-refractivity contribution in [1.82, 2.24) is 20.5 Å². The summed E-state index contributed by atoms with van der Waals surface area (Å²) < 4.78 is 5.02. The molecule has 9 heteroatoms. The molecular formula is C26H25N5O4. The molecule has 1 aromatic heterocycles. The summed E-state index contributed by atoms with van der Waals surface area (Å²) in [6.07, 6.45) is 1.58. The Hall–Kier alpha value is -4.00. The summed E-state index contributed by atoms with van der Waals surface area (Å²) in [7, 11) is 1.68. The Bertz CT molecular complexity index is 1320. The molecule has 0 saturated carbocycles. The first-order chi connectivity index (χ1) is 16.9. The minimum atomic E-state index is -1.11. The van der Waals surface area contributed by atoms with Crippen molar-refractivity contribution < 1.29 is 19.4 Å². The molecule has 3 heterocycles. The summed E-state index contributed by atoms with van der Waals surface area (Å²) in [5, 5.41) is 19.7. The number of nitrogens with one attached hydrogen (secondary N) is 2. The van der Waals surface area contributed by atoms with E-state index >= 15 is 0 Å². The zero-order valence-electron chi connectivity index (χ0n) is 19.2. The van der Waals surface area contributed by atoms with Crippen LogP contribution in [-0.2, 0) is 22.4 Å². The molecule has 0 bridgehead atoms. The van der Waals surface area contributed by atoms with Crippen molar-refractivity contribution >= 4 is 17.5 Å². The SMILES string of the molecule is CN1C(=O)C(NC(=O)c2n[nH]c(Cc3ccccc3)n2)CCc2ccc(C#CC3(O)COC3)cc21. The first-order valence-corrected chi connectivity index (χ1v) is 11.4. The fourth-order valence-corrected chi connectivity index (χ4v) is 4.12. The number of likely N-dealkylation sites (N-methyl/N-ethyl adjacent to an activating group) is 1. The number of ether oxygens (including phenoxy) is 1. The number of hydrogen-bond donors (Lipinski definition) is 3. The third kappa shape index (κ3) is 4.94. The second kappa shape index (κ2) is 9.33. The zero-order valence-corrected chi connectivity index (χ0v) is 19.2. The number of rotatable bonds is 4. The Balaban J connectivity index is 1.27. The lowest BCUT2D eigenvalue weighted by atomic mass is 10.0. The molecule has 35 heavy (non-hydrogen) atoms. The van der Waals surface area contributed by atoms with Gasteiger partial charge >= 0.3 is 0 Å². The molecule has 1 saturated heterocycles. The van der Waals surface area contributed by atoms with E-state index in [0.29, 0.717) is 30.7 Å². The van der Waals surface area contributed by atoms with Crippen LogP contribution in [0.4, 0.5) is 5.69 Å². The Kier molecular flexibility index (Phi) is 6.07. The lowest BCUT2D eigenvalue weighted by molar-refractivity contribution is -0.140. The summed E-state index contributed by atoms with van der Waals surface area (Å²) in [4.78, 5) is 31.8. The fraction of sp³-hybridized carbons (Fsp3) is 0.308. The van der Waals surface area contributed by atoms with Gasteiger partial charge in [0, 0.05) is 24.7 Å². The van der Waals surface area contributed by atoms with E-state index in [0.717, 1.165) is 16.8 Å². The molecule has 2 aliphatic heterocycles. The van der Waals surface area contributed by atoms with Crippen molar-refractivity contribution in [3.8, 4) is 11.8 Å². The average Bonchev–Trinajstić information content (AvgIpc) is 3.28. The molecule has 5 rings (SSSR count). The molecule has 2 amide bonds. The van der Waals surface area contributed by atoms with E-state index in [9.17, 15) is 14.7 Å². The number of anilines is 1. The number of benzene rings is 2. The number of aliphatic hydroxyl groups is 1. The van der Waals surface area contributed by atoms with Crippen LogP contribution in [-0.4, -0.2) is 64.0 Å². The summed E-state index contributed by atoms with van der Waals surface area (Å²) in [6, 6.07) is 14.7. The second-order valence-electron chi connectivity index (χ2n) is 8.85. The highest BCUT2D eigenvalue weighted by atomic mass is 16.5. The van der Waals surface area contributed by atoms with Gasteiger partial charge in [-0.05, 0) is 36.1 Å². The van der Waals surface area contributed by atoms with Gasteiger partial charge in [-0.2, -0.15) is 0 Å². The second-order valence-corrected chi connectivity index (χ2v) is 8.85. The lowest BCUT2D eigenvalue weighted by Gasteiger charge is -2.30. The Labute approximate surface area is 202 Å². The predicted octanol–water partition coefficient (Wildman–Crippen LogP) is 1.22. The molecule has 3 aromatic rings. The Morgan fingerprint density at radius 3 is 2.83 bits per heavy atom. The minimum Gasteiger partial charge on any atom is -0.373 e. The first kappa shape index (κ1) is 22.8. The number of hydrogen-bond acceptors (Lipinski definition) is 6. The van der Waals surface area contributed by atoms with Crippen molar-refractivity contribution in [1.29, 1.82) is 0 Å². The van der Waals surface area contributed by atoms with Crippen LogP contribution < -0.4 is 10.2 Å². The number of carbonyl (C=O) groups excluding carboxylic acids is 2. The monoisotopic (exact) mass is 471 g/mol. The zero-order chi connectivity index (χ0) is 24.4. The molecule has 1 atom stereocenters. The van der Waals surface area contributed by atoms with Crippen LogP contribution in [0.1, 0.15) is 39.6 Å². The average molecular weight is 472 g/mol. The van der Waals surface area contributed by atoms with Gasteiger partial charge in [0.1, 0.15) is 11.9 Å². The smallest absolute Gasteiger partial charge is 0.291 e. The van der Waals surface area contributed by atoms with Crippen molar-refractivity contribution in [2.45, 2.75) is 30.9 Å². The van der Waals surface area contributed by atoms with Crippen LogP contribution in [0.5, 0.6) is 0 Å². The number of fused-ring (bicyclic) bond motifs is 1. The van der Waals surface area contributed by atoms with Crippen molar-refractivity contribution in [2.75, 3.05) is 25.2 Å². The summed E-state index contributed by atoms with van der Waals surface area (Å²) >= 11 is 0. The van der Waals surface area contributed by atoms with Gasteiger partial charge < -0.3 is 20.1 Å². The molecule has 2 aliphatic rings. The molecule has 0 aliphatic carbocycles. The van der Waals surface area contributed by atoms with Gasteiger partial charge in [-0.25, -0.2) is 4.98 Å². The summed E-state index contributed by atoms with van der Waals surface area (Å²) in [5.74, 6) is 5.65. The molecule has 0 radical (unpaired) electrons. The van der Waals surface area contributed by atoms with Gasteiger partial charge in [-0.3, -0.25) is 14.7 Å².